The predicted octanol–water partition coefficient (Wildman–Crippen LogP) is 0.124. The van der Waals surface area contributed by atoms with E-state index in [0.717, 1.165) is 0 Å². The van der Waals surface area contributed by atoms with Gasteiger partial charge in [-0.1, -0.05) is 20.8 Å². The standard InChI is InChI=1S/C9H20N2O2/c1-9(2,3)7-11-8(12)6-13-5-4-10/h4-7,10H2,1-3H3,(H,11,12). The molecule has 0 atom stereocenters. The number of nitrogens with two attached hydrogens (primary N) is 1. The second-order valence-corrected chi connectivity index (χ2v) is 4.18. The highest BCUT2D eigenvalue weighted by molar-refractivity contribution is 5.77. The molecule has 0 spiro atoms. The zero-order chi connectivity index (χ0) is 10.3. The summed E-state index contributed by atoms with van der Waals surface area (Å²) in [5.74, 6) is -0.0802. The maximum Gasteiger partial charge on any atom is 0.246 e. The lowest BCUT2D eigenvalue weighted by Gasteiger charge is -2.18. The van der Waals surface area contributed by atoms with E-state index < -0.39 is 0 Å². The fraction of sp³-hybridized carbons (Fsp3) is 0.889. The highest BCUT2D eigenvalue weighted by Gasteiger charge is 2.11. The van der Waals surface area contributed by atoms with Gasteiger partial charge in [0.2, 0.25) is 5.91 Å². The van der Waals surface area contributed by atoms with Crippen LogP contribution in [0.1, 0.15) is 20.8 Å². The van der Waals surface area contributed by atoms with Crippen molar-refractivity contribution in [2.24, 2.45) is 11.1 Å². The van der Waals surface area contributed by atoms with Crippen LogP contribution in [0.3, 0.4) is 0 Å². The lowest BCUT2D eigenvalue weighted by Crippen LogP contribution is -2.35. The monoisotopic (exact) mass is 188 g/mol. The third kappa shape index (κ3) is 9.30. The average molecular weight is 188 g/mol. The van der Waals surface area contributed by atoms with E-state index in [1.54, 1.807) is 0 Å². The van der Waals surface area contributed by atoms with Crippen molar-refractivity contribution in [2.75, 3.05) is 26.3 Å². The quantitative estimate of drug-likeness (QED) is 0.602. The summed E-state index contributed by atoms with van der Waals surface area (Å²) in [4.78, 5) is 11.1. The van der Waals surface area contributed by atoms with Crippen LogP contribution in [0.5, 0.6) is 0 Å². The first-order chi connectivity index (χ1) is 5.95. The topological polar surface area (TPSA) is 64.3 Å². The van der Waals surface area contributed by atoms with Crippen molar-refractivity contribution in [3.63, 3.8) is 0 Å². The molecule has 0 radical (unpaired) electrons. The van der Waals surface area contributed by atoms with Crippen LogP contribution in [0.15, 0.2) is 0 Å². The minimum atomic E-state index is -0.0802. The van der Waals surface area contributed by atoms with Gasteiger partial charge in [-0.2, -0.15) is 0 Å². The van der Waals surface area contributed by atoms with E-state index in [-0.39, 0.29) is 17.9 Å². The van der Waals surface area contributed by atoms with E-state index in [4.69, 9.17) is 10.5 Å². The molecule has 0 saturated heterocycles. The Hall–Kier alpha value is -0.610. The van der Waals surface area contributed by atoms with Crippen molar-refractivity contribution < 1.29 is 9.53 Å². The van der Waals surface area contributed by atoms with Crippen LogP contribution in [-0.2, 0) is 9.53 Å². The molecule has 1 amide bonds. The van der Waals surface area contributed by atoms with E-state index in [9.17, 15) is 4.79 Å². The van der Waals surface area contributed by atoms with Gasteiger partial charge in [0.25, 0.3) is 0 Å². The second kappa shape index (κ2) is 5.94. The van der Waals surface area contributed by atoms with Crippen molar-refractivity contribution in [3.8, 4) is 0 Å². The number of ether oxygens (including phenoxy) is 1. The molecule has 0 bridgehead atoms. The van der Waals surface area contributed by atoms with Gasteiger partial charge in [-0.15, -0.1) is 0 Å². The maximum atomic E-state index is 11.1. The van der Waals surface area contributed by atoms with Crippen molar-refractivity contribution in [1.82, 2.24) is 5.32 Å². The van der Waals surface area contributed by atoms with E-state index in [0.29, 0.717) is 19.7 Å². The summed E-state index contributed by atoms with van der Waals surface area (Å²) in [6.45, 7) is 7.84. The second-order valence-electron chi connectivity index (χ2n) is 4.18. The van der Waals surface area contributed by atoms with E-state index in [2.05, 4.69) is 26.1 Å². The van der Waals surface area contributed by atoms with Gasteiger partial charge < -0.3 is 15.8 Å². The van der Waals surface area contributed by atoms with Gasteiger partial charge in [0.15, 0.2) is 0 Å². The Labute approximate surface area is 79.8 Å². The molecule has 4 nitrogen and oxygen atoms in total. The first kappa shape index (κ1) is 12.4. The number of carbonyl (C=O) groups is 1. The predicted molar refractivity (Wildman–Crippen MR) is 52.3 cm³/mol. The fourth-order valence-corrected chi connectivity index (χ4v) is 0.663. The minimum absolute atomic E-state index is 0.0802. The van der Waals surface area contributed by atoms with Crippen LogP contribution in [0, 0.1) is 5.41 Å². The molecule has 0 saturated carbocycles. The summed E-state index contributed by atoms with van der Waals surface area (Å²) in [5.41, 5.74) is 5.32. The molecule has 13 heavy (non-hydrogen) atoms. The fourth-order valence-electron chi connectivity index (χ4n) is 0.663. The molecule has 3 N–H and O–H groups in total. The number of nitrogens with one attached hydrogen (secondary N) is 1. The Morgan fingerprint density at radius 1 is 1.46 bits per heavy atom. The largest absolute Gasteiger partial charge is 0.370 e. The first-order valence-electron chi connectivity index (χ1n) is 4.50. The molecule has 0 unspecified atom stereocenters. The smallest absolute Gasteiger partial charge is 0.246 e. The molecule has 0 rings (SSSR count). The van der Waals surface area contributed by atoms with Gasteiger partial charge in [-0.25, -0.2) is 0 Å². The van der Waals surface area contributed by atoms with E-state index >= 15 is 0 Å². The van der Waals surface area contributed by atoms with Crippen molar-refractivity contribution >= 4 is 5.91 Å². The molecule has 0 aromatic carbocycles. The van der Waals surface area contributed by atoms with E-state index in [1.165, 1.54) is 0 Å². The normalized spacial score (nSPS) is 11.4. The SMILES string of the molecule is CC(C)(C)CNC(=O)COCCN. The molecular weight excluding hydrogens is 168 g/mol. The molecule has 4 heteroatoms. The Bertz CT molecular complexity index is 152. The summed E-state index contributed by atoms with van der Waals surface area (Å²) < 4.78 is 4.97. The van der Waals surface area contributed by atoms with Crippen LogP contribution < -0.4 is 11.1 Å². The summed E-state index contributed by atoms with van der Waals surface area (Å²) in [6.07, 6.45) is 0. The summed E-state index contributed by atoms with van der Waals surface area (Å²) >= 11 is 0. The third-order valence-electron chi connectivity index (χ3n) is 1.31. The van der Waals surface area contributed by atoms with Crippen LogP contribution >= 0.6 is 0 Å². The maximum absolute atomic E-state index is 11.1. The van der Waals surface area contributed by atoms with Gasteiger partial charge >= 0.3 is 0 Å². The lowest BCUT2D eigenvalue weighted by atomic mass is 9.97. The molecule has 0 fully saturated rings. The van der Waals surface area contributed by atoms with Crippen molar-refractivity contribution in [1.29, 1.82) is 0 Å². The molecule has 0 aromatic rings. The number of hydrogen-bond acceptors (Lipinski definition) is 3. The molecule has 0 aliphatic rings. The summed E-state index contributed by atoms with van der Waals surface area (Å²) in [5, 5.41) is 2.78. The van der Waals surface area contributed by atoms with Gasteiger partial charge in [0.05, 0.1) is 6.61 Å². The Kier molecular flexibility index (Phi) is 5.66. The van der Waals surface area contributed by atoms with Gasteiger partial charge in [-0.3, -0.25) is 4.79 Å². The zero-order valence-corrected chi connectivity index (χ0v) is 8.72. The zero-order valence-electron chi connectivity index (χ0n) is 8.72. The highest BCUT2D eigenvalue weighted by Crippen LogP contribution is 2.09. The number of carbonyl (C=O) groups excluding carboxylic acids is 1. The van der Waals surface area contributed by atoms with Gasteiger partial charge in [0, 0.05) is 13.1 Å². The molecule has 0 heterocycles. The van der Waals surface area contributed by atoms with Crippen LogP contribution in [0.2, 0.25) is 0 Å². The highest BCUT2D eigenvalue weighted by atomic mass is 16.5. The van der Waals surface area contributed by atoms with Crippen LogP contribution in [-0.4, -0.2) is 32.2 Å². The number of rotatable bonds is 5. The summed E-state index contributed by atoms with van der Waals surface area (Å²) in [7, 11) is 0. The lowest BCUT2D eigenvalue weighted by molar-refractivity contribution is -0.126. The van der Waals surface area contributed by atoms with Crippen LogP contribution in [0.25, 0.3) is 0 Å². The van der Waals surface area contributed by atoms with Crippen molar-refractivity contribution in [2.45, 2.75) is 20.8 Å². The Morgan fingerprint density at radius 2 is 2.08 bits per heavy atom. The van der Waals surface area contributed by atoms with Gasteiger partial charge in [0.1, 0.15) is 6.61 Å². The Balaban J connectivity index is 3.41. The number of amides is 1. The number of hydrogen-bond donors (Lipinski definition) is 2. The van der Waals surface area contributed by atoms with Crippen molar-refractivity contribution in [3.05, 3.63) is 0 Å². The molecule has 0 aromatic heterocycles. The Morgan fingerprint density at radius 3 is 2.54 bits per heavy atom. The van der Waals surface area contributed by atoms with Crippen LogP contribution in [0.4, 0.5) is 0 Å². The molecule has 0 aliphatic heterocycles. The molecular formula is C9H20N2O2. The average Bonchev–Trinajstić information content (AvgIpc) is 2.00. The van der Waals surface area contributed by atoms with E-state index in [1.807, 2.05) is 0 Å². The molecule has 78 valence electrons. The van der Waals surface area contributed by atoms with Gasteiger partial charge in [-0.05, 0) is 5.41 Å². The molecule has 0 aliphatic carbocycles. The minimum Gasteiger partial charge on any atom is -0.370 e. The third-order valence-corrected chi connectivity index (χ3v) is 1.31. The summed E-state index contributed by atoms with van der Waals surface area (Å²) in [6, 6.07) is 0. The first-order valence-corrected chi connectivity index (χ1v) is 4.50.